The summed E-state index contributed by atoms with van der Waals surface area (Å²) >= 11 is 1.48. The Balaban J connectivity index is 1.90. The average Bonchev–Trinajstić information content (AvgIpc) is 3.06. The molecule has 24 heavy (non-hydrogen) atoms. The van der Waals surface area contributed by atoms with E-state index in [9.17, 15) is 9.59 Å². The van der Waals surface area contributed by atoms with Gasteiger partial charge in [-0.3, -0.25) is 9.59 Å². The van der Waals surface area contributed by atoms with Crippen molar-refractivity contribution in [2.24, 2.45) is 5.41 Å². The number of amides is 2. The predicted molar refractivity (Wildman–Crippen MR) is 96.0 cm³/mol. The van der Waals surface area contributed by atoms with Crippen LogP contribution in [0.1, 0.15) is 31.1 Å². The van der Waals surface area contributed by atoms with Gasteiger partial charge in [-0.25, -0.2) is 0 Å². The quantitative estimate of drug-likeness (QED) is 0.922. The van der Waals surface area contributed by atoms with Crippen LogP contribution in [0.15, 0.2) is 35.0 Å². The molecule has 1 aromatic carbocycles. The molecule has 1 N–H and O–H groups in total. The molecule has 1 aromatic heterocycles. The molecule has 2 aromatic rings. The van der Waals surface area contributed by atoms with Crippen molar-refractivity contribution in [1.29, 1.82) is 0 Å². The monoisotopic (exact) mass is 344 g/mol. The third-order valence-electron chi connectivity index (χ3n) is 4.02. The van der Waals surface area contributed by atoms with E-state index in [1.807, 2.05) is 32.2 Å². The van der Waals surface area contributed by atoms with Gasteiger partial charge in [-0.2, -0.15) is 11.3 Å². The first kappa shape index (κ1) is 16.5. The second-order valence-electron chi connectivity index (χ2n) is 6.37. The van der Waals surface area contributed by atoms with Crippen LogP contribution in [0.3, 0.4) is 0 Å². The second kappa shape index (κ2) is 6.28. The maximum Gasteiger partial charge on any atom is 0.256 e. The number of rotatable bonds is 3. The lowest BCUT2D eigenvalue weighted by atomic mass is 9.93. The van der Waals surface area contributed by atoms with Gasteiger partial charge in [0.2, 0.25) is 5.91 Å². The molecule has 5 nitrogen and oxygen atoms in total. The molecule has 0 unspecified atom stereocenters. The van der Waals surface area contributed by atoms with Gasteiger partial charge in [0.15, 0.2) is 0 Å². The molecule has 0 atom stereocenters. The number of fused-ring (bicyclic) bond motifs is 1. The fourth-order valence-electron chi connectivity index (χ4n) is 2.64. The Morgan fingerprint density at radius 3 is 2.83 bits per heavy atom. The minimum Gasteiger partial charge on any atom is -0.490 e. The van der Waals surface area contributed by atoms with E-state index >= 15 is 0 Å². The number of hydrogen-bond donors (Lipinski definition) is 1. The molecule has 0 bridgehead atoms. The Labute approximate surface area is 145 Å². The maximum atomic E-state index is 12.7. The molecule has 0 fully saturated rings. The van der Waals surface area contributed by atoms with Crippen molar-refractivity contribution >= 4 is 34.5 Å². The Bertz CT molecular complexity index is 769. The van der Waals surface area contributed by atoms with E-state index in [2.05, 4.69) is 5.32 Å². The summed E-state index contributed by atoms with van der Waals surface area (Å²) in [5.74, 6) is 0.492. The van der Waals surface area contributed by atoms with Crippen LogP contribution >= 0.6 is 11.3 Å². The predicted octanol–water partition coefficient (Wildman–Crippen LogP) is 3.77. The molecular formula is C18H20N2O3S. The van der Waals surface area contributed by atoms with E-state index in [-0.39, 0.29) is 11.8 Å². The van der Waals surface area contributed by atoms with E-state index in [1.165, 1.54) is 11.3 Å². The maximum absolute atomic E-state index is 12.7. The van der Waals surface area contributed by atoms with E-state index < -0.39 is 5.41 Å². The van der Waals surface area contributed by atoms with Crippen LogP contribution in [0.4, 0.5) is 11.4 Å². The smallest absolute Gasteiger partial charge is 0.256 e. The van der Waals surface area contributed by atoms with Gasteiger partial charge in [0.1, 0.15) is 12.4 Å². The van der Waals surface area contributed by atoms with Crippen molar-refractivity contribution in [3.63, 3.8) is 0 Å². The average molecular weight is 344 g/mol. The fourth-order valence-corrected chi connectivity index (χ4v) is 3.27. The van der Waals surface area contributed by atoms with Crippen molar-refractivity contribution in [2.75, 3.05) is 23.4 Å². The van der Waals surface area contributed by atoms with Crippen LogP contribution < -0.4 is 15.0 Å². The van der Waals surface area contributed by atoms with E-state index in [0.29, 0.717) is 30.2 Å². The largest absolute Gasteiger partial charge is 0.490 e. The number of carbonyl (C=O) groups is 2. The molecule has 0 radical (unpaired) electrons. The second-order valence-corrected chi connectivity index (χ2v) is 7.15. The molecule has 1 aliphatic rings. The lowest BCUT2D eigenvalue weighted by molar-refractivity contribution is -0.127. The van der Waals surface area contributed by atoms with Gasteiger partial charge >= 0.3 is 0 Å². The molecule has 2 heterocycles. The molecule has 6 heteroatoms. The van der Waals surface area contributed by atoms with Gasteiger partial charge in [-0.05, 0) is 44.4 Å². The summed E-state index contributed by atoms with van der Waals surface area (Å²) in [6, 6.07) is 7.17. The first-order chi connectivity index (χ1) is 11.4. The third kappa shape index (κ3) is 3.01. The summed E-state index contributed by atoms with van der Waals surface area (Å²) in [6.45, 7) is 6.57. The zero-order valence-corrected chi connectivity index (χ0v) is 14.8. The van der Waals surface area contributed by atoms with Crippen LogP contribution in [0.5, 0.6) is 5.75 Å². The van der Waals surface area contributed by atoms with Gasteiger partial charge in [0.25, 0.3) is 5.91 Å². The summed E-state index contributed by atoms with van der Waals surface area (Å²) in [6.07, 6.45) is 0. The van der Waals surface area contributed by atoms with Gasteiger partial charge in [0.05, 0.1) is 16.7 Å². The fraction of sp³-hybridized carbons (Fsp3) is 0.333. The van der Waals surface area contributed by atoms with E-state index in [0.717, 1.165) is 5.69 Å². The number of nitrogens with one attached hydrogen (secondary N) is 1. The summed E-state index contributed by atoms with van der Waals surface area (Å²) < 4.78 is 5.87. The molecule has 1 aliphatic heterocycles. The number of thiophene rings is 1. The molecule has 0 saturated heterocycles. The normalized spacial score (nSPS) is 16.1. The van der Waals surface area contributed by atoms with E-state index in [1.54, 1.807) is 28.5 Å². The van der Waals surface area contributed by atoms with Crippen LogP contribution in [0.25, 0.3) is 0 Å². The van der Waals surface area contributed by atoms with Gasteiger partial charge in [0, 0.05) is 23.7 Å². The van der Waals surface area contributed by atoms with Crippen molar-refractivity contribution in [2.45, 2.75) is 20.8 Å². The Morgan fingerprint density at radius 1 is 1.38 bits per heavy atom. The standard InChI is InChI=1S/C18H20N2O3S/c1-4-20-14-6-5-13(19-16(21)12-7-8-24-10-12)9-15(14)23-11-18(2,3)17(20)22/h5-10H,4,11H2,1-3H3,(H,19,21). The number of anilines is 2. The Morgan fingerprint density at radius 2 is 2.17 bits per heavy atom. The molecule has 126 valence electrons. The molecule has 0 saturated carbocycles. The molecule has 0 spiro atoms. The number of ether oxygens (including phenoxy) is 1. The third-order valence-corrected chi connectivity index (χ3v) is 4.70. The number of carbonyl (C=O) groups excluding carboxylic acids is 2. The van der Waals surface area contributed by atoms with Crippen LogP contribution in [-0.2, 0) is 4.79 Å². The summed E-state index contributed by atoms with van der Waals surface area (Å²) in [7, 11) is 0. The Hall–Kier alpha value is -2.34. The molecule has 0 aliphatic carbocycles. The SMILES string of the molecule is CCN1C(=O)C(C)(C)COc2cc(NC(=O)c3ccsc3)ccc21. The first-order valence-electron chi connectivity index (χ1n) is 7.85. The minimum atomic E-state index is -0.588. The van der Waals surface area contributed by atoms with Crippen LogP contribution in [0, 0.1) is 5.41 Å². The highest BCUT2D eigenvalue weighted by Gasteiger charge is 2.37. The first-order valence-corrected chi connectivity index (χ1v) is 8.79. The van der Waals surface area contributed by atoms with Gasteiger partial charge in [-0.15, -0.1) is 0 Å². The molecule has 3 rings (SSSR count). The zero-order valence-electron chi connectivity index (χ0n) is 14.0. The topological polar surface area (TPSA) is 58.6 Å². The highest BCUT2D eigenvalue weighted by atomic mass is 32.1. The van der Waals surface area contributed by atoms with Crippen LogP contribution in [-0.4, -0.2) is 25.0 Å². The van der Waals surface area contributed by atoms with Crippen LogP contribution in [0.2, 0.25) is 0 Å². The van der Waals surface area contributed by atoms with Crippen molar-refractivity contribution in [3.05, 3.63) is 40.6 Å². The van der Waals surface area contributed by atoms with Gasteiger partial charge in [-0.1, -0.05) is 0 Å². The van der Waals surface area contributed by atoms with Crippen molar-refractivity contribution < 1.29 is 14.3 Å². The lowest BCUT2D eigenvalue weighted by Gasteiger charge is -2.26. The van der Waals surface area contributed by atoms with Crippen molar-refractivity contribution in [3.8, 4) is 5.75 Å². The summed E-state index contributed by atoms with van der Waals surface area (Å²) in [4.78, 5) is 26.6. The number of nitrogens with zero attached hydrogens (tertiary/aromatic N) is 1. The Kier molecular flexibility index (Phi) is 4.32. The highest BCUT2D eigenvalue weighted by molar-refractivity contribution is 7.08. The summed E-state index contributed by atoms with van der Waals surface area (Å²) in [5.41, 5.74) is 1.42. The van der Waals surface area contributed by atoms with E-state index in [4.69, 9.17) is 4.74 Å². The number of benzene rings is 1. The molecular weight excluding hydrogens is 324 g/mol. The van der Waals surface area contributed by atoms with Crippen molar-refractivity contribution in [1.82, 2.24) is 0 Å². The zero-order chi connectivity index (χ0) is 17.3. The lowest BCUT2D eigenvalue weighted by Crippen LogP contribution is -2.42. The van der Waals surface area contributed by atoms with Gasteiger partial charge < -0.3 is 15.0 Å². The molecule has 2 amide bonds. The minimum absolute atomic E-state index is 0.0406. The highest BCUT2D eigenvalue weighted by Crippen LogP contribution is 2.38. The number of hydrogen-bond acceptors (Lipinski definition) is 4. The summed E-state index contributed by atoms with van der Waals surface area (Å²) in [5, 5.41) is 6.53.